The second-order valence-corrected chi connectivity index (χ2v) is 8.51. The normalized spacial score (nSPS) is 10.7. The van der Waals surface area contributed by atoms with Gasteiger partial charge in [0.1, 0.15) is 0 Å². The zero-order chi connectivity index (χ0) is 22.7. The van der Waals surface area contributed by atoms with Crippen molar-refractivity contribution in [1.82, 2.24) is 9.97 Å². The Morgan fingerprint density at radius 2 is 1.66 bits per heavy atom. The molecule has 8 nitrogen and oxygen atoms in total. The average Bonchev–Trinajstić information content (AvgIpc) is 3.13. The number of aromatic nitrogens is 2. The number of H-pyrrole nitrogens is 1. The van der Waals surface area contributed by atoms with Crippen molar-refractivity contribution in [3.8, 4) is 0 Å². The molecule has 162 valence electrons. The predicted octanol–water partition coefficient (Wildman–Crippen LogP) is 6.75. The Balaban J connectivity index is 1.39. The van der Waals surface area contributed by atoms with Crippen molar-refractivity contribution < 1.29 is 14.7 Å². The van der Waals surface area contributed by atoms with E-state index in [2.05, 4.69) is 25.9 Å². The van der Waals surface area contributed by atoms with E-state index in [0.29, 0.717) is 26.9 Å². The number of imidazole rings is 1. The summed E-state index contributed by atoms with van der Waals surface area (Å²) >= 11 is 13.5. The molecule has 0 aliphatic rings. The van der Waals surface area contributed by atoms with Crippen LogP contribution in [0, 0.1) is 0 Å². The zero-order valence-corrected chi connectivity index (χ0v) is 18.5. The maximum Gasteiger partial charge on any atom is 0.411 e. The van der Waals surface area contributed by atoms with Crippen molar-refractivity contribution in [2.75, 3.05) is 16.0 Å². The second-order valence-electron chi connectivity index (χ2n) is 6.52. The predicted molar refractivity (Wildman–Crippen MR) is 127 cm³/mol. The minimum Gasteiger partial charge on any atom is -0.465 e. The molecule has 1 heterocycles. The van der Waals surface area contributed by atoms with Crippen molar-refractivity contribution in [3.63, 3.8) is 0 Å². The topological polar surface area (TPSA) is 119 Å². The van der Waals surface area contributed by atoms with E-state index >= 15 is 0 Å². The van der Waals surface area contributed by atoms with E-state index in [1.165, 1.54) is 11.8 Å². The number of carboxylic acid groups (broad SMARTS) is 1. The first-order valence-corrected chi connectivity index (χ1v) is 10.7. The summed E-state index contributed by atoms with van der Waals surface area (Å²) in [5, 5.41) is 17.2. The van der Waals surface area contributed by atoms with E-state index in [1.54, 1.807) is 30.3 Å². The minimum absolute atomic E-state index is 0.169. The third-order valence-electron chi connectivity index (χ3n) is 4.20. The van der Waals surface area contributed by atoms with Crippen LogP contribution in [0.4, 0.5) is 26.9 Å². The van der Waals surface area contributed by atoms with Gasteiger partial charge in [-0.1, -0.05) is 35.0 Å². The molecule has 0 spiro atoms. The van der Waals surface area contributed by atoms with Gasteiger partial charge in [0.05, 0.1) is 21.7 Å². The fourth-order valence-corrected chi connectivity index (χ4v) is 4.02. The Morgan fingerprint density at radius 3 is 2.41 bits per heavy atom. The number of urea groups is 1. The number of halogens is 2. The number of hydrogen-bond donors (Lipinski definition) is 5. The van der Waals surface area contributed by atoms with Crippen LogP contribution in [0.1, 0.15) is 0 Å². The van der Waals surface area contributed by atoms with Crippen molar-refractivity contribution in [2.24, 2.45) is 0 Å². The molecule has 11 heteroatoms. The van der Waals surface area contributed by atoms with E-state index < -0.39 is 12.1 Å². The van der Waals surface area contributed by atoms with Crippen LogP contribution in [0.5, 0.6) is 0 Å². The van der Waals surface area contributed by atoms with Crippen LogP contribution in [0.3, 0.4) is 0 Å². The maximum absolute atomic E-state index is 12.2. The molecule has 4 rings (SSSR count). The number of carbonyl (C=O) groups is 2. The van der Waals surface area contributed by atoms with E-state index in [0.717, 1.165) is 15.3 Å². The molecule has 0 radical (unpaired) electrons. The van der Waals surface area contributed by atoms with Gasteiger partial charge in [-0.15, -0.1) is 0 Å². The Kier molecular flexibility index (Phi) is 6.40. The van der Waals surface area contributed by atoms with Gasteiger partial charge in [0.2, 0.25) is 5.95 Å². The van der Waals surface area contributed by atoms with Gasteiger partial charge >= 0.3 is 12.1 Å². The first-order valence-electron chi connectivity index (χ1n) is 9.16. The third-order valence-corrected chi connectivity index (χ3v) is 5.77. The Hall–Kier alpha value is -3.40. The number of rotatable bonds is 5. The quantitative estimate of drug-likeness (QED) is 0.213. The number of carbonyl (C=O) groups excluding carboxylic acids is 1. The van der Waals surface area contributed by atoms with Crippen LogP contribution >= 0.6 is 35.0 Å². The molecule has 32 heavy (non-hydrogen) atoms. The summed E-state index contributed by atoms with van der Waals surface area (Å²) in [7, 11) is 0. The van der Waals surface area contributed by atoms with Crippen LogP contribution in [0.2, 0.25) is 10.0 Å². The SMILES string of the molecule is O=C(O)Nc1nc2cc(Sc3ccc(NC(=O)Nc4cc(Cl)ccc4Cl)cc3)ccc2[nH]1. The summed E-state index contributed by atoms with van der Waals surface area (Å²) in [5.74, 6) is 0.169. The highest BCUT2D eigenvalue weighted by molar-refractivity contribution is 7.99. The smallest absolute Gasteiger partial charge is 0.411 e. The highest BCUT2D eigenvalue weighted by Gasteiger charge is 2.09. The highest BCUT2D eigenvalue weighted by atomic mass is 35.5. The van der Waals surface area contributed by atoms with Crippen molar-refractivity contribution >= 4 is 75.4 Å². The molecule has 0 aliphatic heterocycles. The summed E-state index contributed by atoms with van der Waals surface area (Å²) in [6.07, 6.45) is -1.18. The van der Waals surface area contributed by atoms with E-state index in [-0.39, 0.29) is 5.95 Å². The summed E-state index contributed by atoms with van der Waals surface area (Å²) in [6.45, 7) is 0. The Morgan fingerprint density at radius 1 is 0.906 bits per heavy atom. The summed E-state index contributed by atoms with van der Waals surface area (Å²) in [4.78, 5) is 32.0. The van der Waals surface area contributed by atoms with Crippen LogP contribution < -0.4 is 16.0 Å². The van der Waals surface area contributed by atoms with Gasteiger partial charge in [0, 0.05) is 20.5 Å². The number of anilines is 3. The van der Waals surface area contributed by atoms with Crippen molar-refractivity contribution in [1.29, 1.82) is 0 Å². The second kappa shape index (κ2) is 9.39. The molecule has 0 fully saturated rings. The van der Waals surface area contributed by atoms with Gasteiger partial charge in [-0.2, -0.15) is 0 Å². The fraction of sp³-hybridized carbons (Fsp3) is 0. The lowest BCUT2D eigenvalue weighted by Crippen LogP contribution is -2.19. The first-order chi connectivity index (χ1) is 15.4. The van der Waals surface area contributed by atoms with Crippen molar-refractivity contribution in [3.05, 3.63) is 70.7 Å². The molecular formula is C21H15Cl2N5O3S. The number of amides is 3. The lowest BCUT2D eigenvalue weighted by molar-refractivity contribution is 0.209. The Bertz CT molecular complexity index is 1310. The number of nitrogens with zero attached hydrogens (tertiary/aromatic N) is 1. The lowest BCUT2D eigenvalue weighted by Gasteiger charge is -2.10. The van der Waals surface area contributed by atoms with Gasteiger partial charge in [0.25, 0.3) is 0 Å². The van der Waals surface area contributed by atoms with E-state index in [9.17, 15) is 9.59 Å². The average molecular weight is 488 g/mol. The zero-order valence-electron chi connectivity index (χ0n) is 16.1. The first kappa shape index (κ1) is 21.8. The van der Waals surface area contributed by atoms with E-state index in [4.69, 9.17) is 28.3 Å². The third kappa shape index (κ3) is 5.44. The van der Waals surface area contributed by atoms with Crippen LogP contribution in [0.15, 0.2) is 70.5 Å². The fourth-order valence-electron chi connectivity index (χ4n) is 2.83. The molecule has 0 saturated carbocycles. The van der Waals surface area contributed by atoms with Gasteiger partial charge in [-0.25, -0.2) is 14.6 Å². The monoisotopic (exact) mass is 487 g/mol. The molecule has 4 aromatic rings. The molecule has 1 aromatic heterocycles. The molecule has 0 aliphatic carbocycles. The summed E-state index contributed by atoms with van der Waals surface area (Å²) in [5.41, 5.74) is 2.40. The molecule has 0 bridgehead atoms. The van der Waals surface area contributed by atoms with Gasteiger partial charge in [-0.3, -0.25) is 5.32 Å². The minimum atomic E-state index is -1.18. The molecule has 0 unspecified atom stereocenters. The summed E-state index contributed by atoms with van der Waals surface area (Å²) in [6, 6.07) is 17.3. The van der Waals surface area contributed by atoms with Crippen LogP contribution in [0.25, 0.3) is 11.0 Å². The summed E-state index contributed by atoms with van der Waals surface area (Å²) < 4.78 is 0. The van der Waals surface area contributed by atoms with Gasteiger partial charge in [0.15, 0.2) is 0 Å². The number of aromatic amines is 1. The van der Waals surface area contributed by atoms with Crippen LogP contribution in [-0.2, 0) is 0 Å². The largest absolute Gasteiger partial charge is 0.465 e. The maximum atomic E-state index is 12.2. The highest BCUT2D eigenvalue weighted by Crippen LogP contribution is 2.31. The Labute approximate surface area is 196 Å². The van der Waals surface area contributed by atoms with Crippen LogP contribution in [-0.4, -0.2) is 27.2 Å². The van der Waals surface area contributed by atoms with Gasteiger partial charge in [-0.05, 0) is 60.7 Å². The molecule has 5 N–H and O–H groups in total. The van der Waals surface area contributed by atoms with Gasteiger partial charge < -0.3 is 20.7 Å². The van der Waals surface area contributed by atoms with Crippen molar-refractivity contribution in [2.45, 2.75) is 9.79 Å². The lowest BCUT2D eigenvalue weighted by atomic mass is 10.3. The molecule has 0 saturated heterocycles. The number of benzene rings is 3. The number of hydrogen-bond acceptors (Lipinski definition) is 4. The van der Waals surface area contributed by atoms with E-state index in [1.807, 2.05) is 30.3 Å². The number of fused-ring (bicyclic) bond motifs is 1. The molecular weight excluding hydrogens is 473 g/mol. The standard InChI is InChI=1S/C21H15Cl2N5O3S/c22-11-1-7-15(23)17(9-11)27-20(29)24-12-2-4-13(5-3-12)32-14-6-8-16-18(10-14)26-19(25-16)28-21(30)31/h1-10H,(H,30,31)(H2,24,27,29)(H2,25,26,28). The molecule has 3 aromatic carbocycles. The molecule has 3 amide bonds. The number of nitrogens with one attached hydrogen (secondary N) is 4. The molecule has 0 atom stereocenters.